The zero-order valence-corrected chi connectivity index (χ0v) is 25.1. The van der Waals surface area contributed by atoms with Crippen LogP contribution in [0.15, 0.2) is 97.1 Å². The number of carbonyl (C=O) groups excluding carboxylic acids is 3. The minimum atomic E-state index is -0.482. The molecule has 1 aliphatic rings. The van der Waals surface area contributed by atoms with Crippen molar-refractivity contribution in [3.05, 3.63) is 119 Å². The number of carbonyl (C=O) groups is 3. The van der Waals surface area contributed by atoms with Gasteiger partial charge in [0.05, 0.1) is 42.3 Å². The molecule has 2 amide bonds. The SMILES string of the molecule is COC(=O)c1ccc2c(c1)NC(=O)C2=C(Nc1ccc(N(CCN(C)C)C(=O)c2ccccc2OC)cc1)c1ccccc1. The van der Waals surface area contributed by atoms with E-state index in [1.165, 1.54) is 7.11 Å². The average Bonchev–Trinajstić information content (AvgIpc) is 3.38. The van der Waals surface area contributed by atoms with Crippen molar-refractivity contribution in [2.24, 2.45) is 0 Å². The first-order valence-electron chi connectivity index (χ1n) is 14.1. The van der Waals surface area contributed by atoms with Gasteiger partial charge in [0.15, 0.2) is 0 Å². The van der Waals surface area contributed by atoms with Gasteiger partial charge in [-0.05, 0) is 68.2 Å². The number of ether oxygens (including phenoxy) is 2. The van der Waals surface area contributed by atoms with Crippen molar-refractivity contribution in [3.63, 3.8) is 0 Å². The molecule has 9 heteroatoms. The van der Waals surface area contributed by atoms with Gasteiger partial charge in [-0.2, -0.15) is 0 Å². The normalized spacial score (nSPS) is 13.2. The standard InChI is InChI=1S/C35H34N4O5/c1-38(2)20-21-39(34(41)28-12-8-9-13-30(28)43-3)26-17-15-25(16-18-26)36-32(23-10-6-5-7-11-23)31-27-19-14-24(35(42)44-4)22-29(27)37-33(31)40/h5-19,22,36H,20-21H2,1-4H3,(H,37,40). The lowest BCUT2D eigenvalue weighted by Crippen LogP contribution is -2.37. The molecule has 4 aromatic rings. The van der Waals surface area contributed by atoms with E-state index in [0.29, 0.717) is 52.5 Å². The minimum absolute atomic E-state index is 0.164. The van der Waals surface area contributed by atoms with E-state index < -0.39 is 5.97 Å². The molecule has 5 rings (SSSR count). The molecule has 1 aliphatic heterocycles. The quantitative estimate of drug-likeness (QED) is 0.183. The molecule has 0 saturated heterocycles. The molecule has 224 valence electrons. The van der Waals surface area contributed by atoms with Crippen molar-refractivity contribution in [2.75, 3.05) is 56.9 Å². The molecule has 2 N–H and O–H groups in total. The summed E-state index contributed by atoms with van der Waals surface area (Å²) in [5.41, 5.74) is 5.35. The minimum Gasteiger partial charge on any atom is -0.496 e. The summed E-state index contributed by atoms with van der Waals surface area (Å²) in [6, 6.07) is 29.3. The molecule has 4 aromatic carbocycles. The number of para-hydroxylation sites is 1. The Morgan fingerprint density at radius 1 is 0.818 bits per heavy atom. The van der Waals surface area contributed by atoms with Crippen LogP contribution in [0.5, 0.6) is 5.75 Å². The molecule has 0 unspecified atom stereocenters. The Labute approximate surface area is 256 Å². The van der Waals surface area contributed by atoms with Crippen LogP contribution in [0, 0.1) is 0 Å². The molecule has 0 spiro atoms. The Balaban J connectivity index is 1.51. The largest absolute Gasteiger partial charge is 0.496 e. The number of nitrogens with zero attached hydrogens (tertiary/aromatic N) is 2. The van der Waals surface area contributed by atoms with Gasteiger partial charge in [0.25, 0.3) is 11.8 Å². The van der Waals surface area contributed by atoms with Gasteiger partial charge in [-0.1, -0.05) is 48.5 Å². The molecule has 0 radical (unpaired) electrons. The Hall–Kier alpha value is -5.41. The zero-order chi connectivity index (χ0) is 31.2. The number of amides is 2. The van der Waals surface area contributed by atoms with Crippen LogP contribution in [0.3, 0.4) is 0 Å². The zero-order valence-electron chi connectivity index (χ0n) is 25.1. The van der Waals surface area contributed by atoms with Gasteiger partial charge < -0.3 is 29.9 Å². The van der Waals surface area contributed by atoms with Gasteiger partial charge in [-0.3, -0.25) is 9.59 Å². The van der Waals surface area contributed by atoms with Crippen LogP contribution in [-0.4, -0.2) is 64.1 Å². The smallest absolute Gasteiger partial charge is 0.337 e. The summed E-state index contributed by atoms with van der Waals surface area (Å²) >= 11 is 0. The third-order valence-electron chi connectivity index (χ3n) is 7.30. The number of rotatable bonds is 10. The van der Waals surface area contributed by atoms with Crippen LogP contribution in [0.4, 0.5) is 17.1 Å². The fraction of sp³-hybridized carbons (Fsp3) is 0.171. The van der Waals surface area contributed by atoms with Gasteiger partial charge in [0, 0.05) is 30.0 Å². The lowest BCUT2D eigenvalue weighted by Gasteiger charge is -2.26. The van der Waals surface area contributed by atoms with Crippen molar-refractivity contribution < 1.29 is 23.9 Å². The number of nitrogens with one attached hydrogen (secondary N) is 2. The Morgan fingerprint density at radius 3 is 2.20 bits per heavy atom. The van der Waals surface area contributed by atoms with Gasteiger partial charge >= 0.3 is 5.97 Å². The first kappa shape index (κ1) is 30.1. The van der Waals surface area contributed by atoms with E-state index in [0.717, 1.165) is 16.9 Å². The van der Waals surface area contributed by atoms with Crippen LogP contribution in [0.1, 0.15) is 31.8 Å². The van der Waals surface area contributed by atoms with E-state index in [9.17, 15) is 14.4 Å². The second-order valence-electron chi connectivity index (χ2n) is 10.5. The molecule has 0 aliphatic carbocycles. The molecular weight excluding hydrogens is 556 g/mol. The second kappa shape index (κ2) is 13.3. The topological polar surface area (TPSA) is 100 Å². The Morgan fingerprint density at radius 2 is 1.52 bits per heavy atom. The molecule has 0 atom stereocenters. The molecular formula is C35H34N4O5. The fourth-order valence-electron chi connectivity index (χ4n) is 5.03. The highest BCUT2D eigenvalue weighted by molar-refractivity contribution is 6.37. The third kappa shape index (κ3) is 6.33. The van der Waals surface area contributed by atoms with Crippen LogP contribution in [-0.2, 0) is 9.53 Å². The van der Waals surface area contributed by atoms with E-state index in [4.69, 9.17) is 9.47 Å². The summed E-state index contributed by atoms with van der Waals surface area (Å²) in [5.74, 6) is -0.423. The number of methoxy groups -OCH3 is 2. The second-order valence-corrected chi connectivity index (χ2v) is 10.5. The maximum atomic E-state index is 13.7. The first-order chi connectivity index (χ1) is 21.3. The number of hydrogen-bond donors (Lipinski definition) is 2. The summed E-state index contributed by atoms with van der Waals surface area (Å²) < 4.78 is 10.3. The van der Waals surface area contributed by atoms with Crippen LogP contribution in [0.2, 0.25) is 0 Å². The summed E-state index contributed by atoms with van der Waals surface area (Å²) in [4.78, 5) is 42.9. The van der Waals surface area contributed by atoms with Crippen molar-refractivity contribution in [1.82, 2.24) is 4.90 Å². The van der Waals surface area contributed by atoms with Gasteiger partial charge in [-0.15, -0.1) is 0 Å². The molecule has 44 heavy (non-hydrogen) atoms. The first-order valence-corrected chi connectivity index (χ1v) is 14.1. The molecule has 0 bridgehead atoms. The Kier molecular flexibility index (Phi) is 9.06. The van der Waals surface area contributed by atoms with Gasteiger partial charge in [-0.25, -0.2) is 4.79 Å². The highest BCUT2D eigenvalue weighted by Gasteiger charge is 2.29. The van der Waals surface area contributed by atoms with Crippen LogP contribution < -0.4 is 20.3 Å². The van der Waals surface area contributed by atoms with Crippen LogP contribution in [0.25, 0.3) is 11.3 Å². The van der Waals surface area contributed by atoms with E-state index in [1.54, 1.807) is 42.3 Å². The Bertz CT molecular complexity index is 1720. The van der Waals surface area contributed by atoms with Crippen molar-refractivity contribution >= 4 is 46.1 Å². The molecule has 9 nitrogen and oxygen atoms in total. The summed E-state index contributed by atoms with van der Waals surface area (Å²) in [5, 5.41) is 6.33. The fourth-order valence-corrected chi connectivity index (χ4v) is 5.03. The molecule has 0 saturated carbocycles. The van der Waals surface area contributed by atoms with E-state index >= 15 is 0 Å². The molecule has 0 aromatic heterocycles. The van der Waals surface area contributed by atoms with Crippen LogP contribution >= 0.6 is 0 Å². The number of benzene rings is 4. The van der Waals surface area contributed by atoms with E-state index in [2.05, 4.69) is 10.6 Å². The number of fused-ring (bicyclic) bond motifs is 1. The van der Waals surface area contributed by atoms with Crippen molar-refractivity contribution in [1.29, 1.82) is 0 Å². The predicted molar refractivity (Wildman–Crippen MR) is 173 cm³/mol. The van der Waals surface area contributed by atoms with Gasteiger partial charge in [0.2, 0.25) is 0 Å². The molecule has 1 heterocycles. The predicted octanol–water partition coefficient (Wildman–Crippen LogP) is 5.62. The number of anilines is 3. The van der Waals surface area contributed by atoms with Crippen molar-refractivity contribution in [3.8, 4) is 5.75 Å². The average molecular weight is 591 g/mol. The van der Waals surface area contributed by atoms with E-state index in [1.807, 2.05) is 85.7 Å². The summed E-state index contributed by atoms with van der Waals surface area (Å²) in [7, 11) is 6.80. The number of hydrogen-bond acceptors (Lipinski definition) is 7. The summed E-state index contributed by atoms with van der Waals surface area (Å²) in [6.45, 7) is 1.14. The lowest BCUT2D eigenvalue weighted by molar-refractivity contribution is -0.110. The molecule has 0 fully saturated rings. The summed E-state index contributed by atoms with van der Waals surface area (Å²) in [6.07, 6.45) is 0. The van der Waals surface area contributed by atoms with Gasteiger partial charge in [0.1, 0.15) is 5.75 Å². The maximum Gasteiger partial charge on any atom is 0.337 e. The monoisotopic (exact) mass is 590 g/mol. The highest BCUT2D eigenvalue weighted by Crippen LogP contribution is 2.38. The van der Waals surface area contributed by atoms with E-state index in [-0.39, 0.29) is 11.8 Å². The lowest BCUT2D eigenvalue weighted by atomic mass is 9.99. The highest BCUT2D eigenvalue weighted by atomic mass is 16.5. The maximum absolute atomic E-state index is 13.7. The van der Waals surface area contributed by atoms with Crippen molar-refractivity contribution in [2.45, 2.75) is 0 Å². The third-order valence-corrected chi connectivity index (χ3v) is 7.30. The number of likely N-dealkylation sites (N-methyl/N-ethyl adjacent to an activating group) is 1. The number of esters is 1.